The summed E-state index contributed by atoms with van der Waals surface area (Å²) in [5, 5.41) is 9.03. The number of hydrogen-bond acceptors (Lipinski definition) is 3. The third kappa shape index (κ3) is 4.59. The van der Waals surface area contributed by atoms with Gasteiger partial charge in [-0.3, -0.25) is 9.59 Å². The minimum absolute atomic E-state index is 0. The van der Waals surface area contributed by atoms with Gasteiger partial charge in [0.15, 0.2) is 0 Å². The molecule has 0 radical (unpaired) electrons. The second kappa shape index (κ2) is 7.64. The maximum atomic E-state index is 12.1. The molecule has 1 unspecified atom stereocenters. The zero-order chi connectivity index (χ0) is 14.7. The molecule has 21 heavy (non-hydrogen) atoms. The van der Waals surface area contributed by atoms with Gasteiger partial charge in [0.05, 0.1) is 10.7 Å². The van der Waals surface area contributed by atoms with Crippen molar-refractivity contribution in [3.63, 3.8) is 0 Å². The molecule has 116 valence electrons. The summed E-state index contributed by atoms with van der Waals surface area (Å²) in [6.07, 6.45) is 0. The van der Waals surface area contributed by atoms with Gasteiger partial charge in [-0.1, -0.05) is 18.5 Å². The lowest BCUT2D eigenvalue weighted by molar-refractivity contribution is -0.121. The van der Waals surface area contributed by atoms with Crippen molar-refractivity contribution in [1.29, 1.82) is 0 Å². The molecule has 1 atom stereocenters. The van der Waals surface area contributed by atoms with Crippen LogP contribution in [0.15, 0.2) is 18.2 Å². The van der Waals surface area contributed by atoms with Gasteiger partial charge < -0.3 is 16.0 Å². The average Bonchev–Trinajstić information content (AvgIpc) is 2.29. The van der Waals surface area contributed by atoms with Crippen molar-refractivity contribution in [2.75, 3.05) is 23.7 Å². The highest BCUT2D eigenvalue weighted by atomic mass is 35.5. The number of amides is 2. The van der Waals surface area contributed by atoms with E-state index in [0.717, 1.165) is 13.1 Å². The second-order valence-electron chi connectivity index (χ2n) is 5.07. The van der Waals surface area contributed by atoms with Gasteiger partial charge in [-0.15, -0.1) is 12.4 Å². The second-order valence-corrected chi connectivity index (χ2v) is 5.48. The summed E-state index contributed by atoms with van der Waals surface area (Å²) in [6, 6.07) is 5.02. The molecular formula is C14H19Cl2N3O2. The Hall–Kier alpha value is -1.30. The largest absolute Gasteiger partial charge is 0.326 e. The van der Waals surface area contributed by atoms with Gasteiger partial charge in [-0.2, -0.15) is 0 Å². The molecule has 0 spiro atoms. The van der Waals surface area contributed by atoms with Crippen LogP contribution in [0.5, 0.6) is 0 Å². The maximum Gasteiger partial charge on any atom is 0.227 e. The molecular weight excluding hydrogens is 313 g/mol. The van der Waals surface area contributed by atoms with E-state index in [1.165, 1.54) is 6.92 Å². The average molecular weight is 332 g/mol. The number of nitrogens with one attached hydrogen (secondary N) is 3. The van der Waals surface area contributed by atoms with Gasteiger partial charge in [0, 0.05) is 18.5 Å². The summed E-state index contributed by atoms with van der Waals surface area (Å²) in [5.74, 6) is 0.129. The molecule has 1 aromatic rings. The van der Waals surface area contributed by atoms with Crippen LogP contribution in [0.2, 0.25) is 5.02 Å². The first-order valence-corrected chi connectivity index (χ1v) is 6.94. The van der Waals surface area contributed by atoms with Crippen LogP contribution < -0.4 is 16.0 Å². The summed E-state index contributed by atoms with van der Waals surface area (Å²) < 4.78 is 0. The summed E-state index contributed by atoms with van der Waals surface area (Å²) >= 11 is 6.11. The highest BCUT2D eigenvalue weighted by molar-refractivity contribution is 6.34. The van der Waals surface area contributed by atoms with Crippen LogP contribution >= 0.6 is 24.0 Å². The number of anilines is 2. The van der Waals surface area contributed by atoms with Crippen LogP contribution in [-0.4, -0.2) is 24.9 Å². The molecule has 0 aliphatic carbocycles. The Morgan fingerprint density at radius 1 is 1.33 bits per heavy atom. The number of carbonyl (C=O) groups is 2. The van der Waals surface area contributed by atoms with E-state index in [9.17, 15) is 9.59 Å². The minimum atomic E-state index is -0.163. The van der Waals surface area contributed by atoms with Crippen LogP contribution in [-0.2, 0) is 9.59 Å². The molecule has 0 bridgehead atoms. The molecule has 0 saturated carbocycles. The van der Waals surface area contributed by atoms with Crippen molar-refractivity contribution >= 4 is 47.2 Å². The van der Waals surface area contributed by atoms with Gasteiger partial charge in [0.25, 0.3) is 0 Å². The lowest BCUT2D eigenvalue weighted by Gasteiger charge is -2.31. The van der Waals surface area contributed by atoms with Gasteiger partial charge in [0.1, 0.15) is 0 Å². The van der Waals surface area contributed by atoms with E-state index in [-0.39, 0.29) is 30.1 Å². The molecule has 0 aromatic heterocycles. The Morgan fingerprint density at radius 3 is 2.48 bits per heavy atom. The molecule has 7 heteroatoms. The lowest BCUT2D eigenvalue weighted by atomic mass is 9.88. The summed E-state index contributed by atoms with van der Waals surface area (Å²) in [4.78, 5) is 23.1. The first kappa shape index (κ1) is 17.8. The number of carbonyl (C=O) groups excluding carboxylic acids is 2. The van der Waals surface area contributed by atoms with E-state index in [1.54, 1.807) is 18.2 Å². The van der Waals surface area contributed by atoms with Crippen LogP contribution in [0.25, 0.3) is 0 Å². The molecule has 2 rings (SSSR count). The van der Waals surface area contributed by atoms with Gasteiger partial charge >= 0.3 is 0 Å². The molecule has 3 N–H and O–H groups in total. The van der Waals surface area contributed by atoms with Crippen molar-refractivity contribution in [3.05, 3.63) is 23.2 Å². The number of hydrogen-bond donors (Lipinski definition) is 3. The van der Waals surface area contributed by atoms with Crippen LogP contribution in [0.1, 0.15) is 13.8 Å². The monoisotopic (exact) mass is 331 g/mol. The Kier molecular flexibility index (Phi) is 6.45. The number of benzene rings is 1. The van der Waals surface area contributed by atoms with E-state index >= 15 is 0 Å². The summed E-state index contributed by atoms with van der Waals surface area (Å²) in [6.45, 7) is 5.10. The van der Waals surface area contributed by atoms with Crippen LogP contribution in [0, 0.1) is 11.8 Å². The van der Waals surface area contributed by atoms with E-state index < -0.39 is 0 Å². The first-order valence-electron chi connectivity index (χ1n) is 6.56. The highest BCUT2D eigenvalue weighted by Crippen LogP contribution is 2.27. The Balaban J connectivity index is 0.00000220. The Labute approximate surface area is 135 Å². The standard InChI is InChI=1S/C14H18ClN3O2.ClH/c1-8(10-6-16-7-10)14(20)18-13-4-3-11(5-12(13)15)17-9(2)19;/h3-5,8,10,16H,6-7H2,1-2H3,(H,17,19)(H,18,20);1H. The van der Waals surface area contributed by atoms with Crippen LogP contribution in [0.4, 0.5) is 11.4 Å². The predicted octanol–water partition coefficient (Wildman–Crippen LogP) is 2.51. The predicted molar refractivity (Wildman–Crippen MR) is 87.2 cm³/mol. The van der Waals surface area contributed by atoms with E-state index in [2.05, 4.69) is 16.0 Å². The molecule has 1 heterocycles. The first-order chi connectivity index (χ1) is 9.47. The maximum absolute atomic E-state index is 12.1. The van der Waals surface area contributed by atoms with Crippen molar-refractivity contribution in [2.45, 2.75) is 13.8 Å². The van der Waals surface area contributed by atoms with Crippen molar-refractivity contribution in [3.8, 4) is 0 Å². The zero-order valence-corrected chi connectivity index (χ0v) is 13.5. The zero-order valence-electron chi connectivity index (χ0n) is 11.9. The van der Waals surface area contributed by atoms with Gasteiger partial charge in [-0.05, 0) is 37.2 Å². The highest BCUT2D eigenvalue weighted by Gasteiger charge is 2.28. The molecule has 1 fully saturated rings. The normalized spacial score (nSPS) is 15.4. The van der Waals surface area contributed by atoms with E-state index in [1.807, 2.05) is 6.92 Å². The van der Waals surface area contributed by atoms with E-state index in [0.29, 0.717) is 22.3 Å². The fourth-order valence-corrected chi connectivity index (χ4v) is 2.25. The smallest absolute Gasteiger partial charge is 0.227 e. The van der Waals surface area contributed by atoms with Crippen molar-refractivity contribution in [1.82, 2.24) is 5.32 Å². The summed E-state index contributed by atoms with van der Waals surface area (Å²) in [5.41, 5.74) is 1.17. The third-order valence-corrected chi connectivity index (χ3v) is 3.79. The number of halogens is 2. The molecule has 2 amide bonds. The van der Waals surface area contributed by atoms with Crippen molar-refractivity contribution < 1.29 is 9.59 Å². The molecule has 1 aliphatic heterocycles. The van der Waals surface area contributed by atoms with Gasteiger partial charge in [-0.25, -0.2) is 0 Å². The lowest BCUT2D eigenvalue weighted by Crippen LogP contribution is -2.48. The van der Waals surface area contributed by atoms with Gasteiger partial charge in [0.2, 0.25) is 11.8 Å². The minimum Gasteiger partial charge on any atom is -0.326 e. The number of rotatable bonds is 4. The molecule has 1 saturated heterocycles. The Morgan fingerprint density at radius 2 is 2.00 bits per heavy atom. The summed E-state index contributed by atoms with van der Waals surface area (Å²) in [7, 11) is 0. The van der Waals surface area contributed by atoms with E-state index in [4.69, 9.17) is 11.6 Å². The Bertz CT molecular complexity index is 533. The fraction of sp³-hybridized carbons (Fsp3) is 0.429. The quantitative estimate of drug-likeness (QED) is 0.793. The van der Waals surface area contributed by atoms with Crippen molar-refractivity contribution in [2.24, 2.45) is 11.8 Å². The molecule has 5 nitrogen and oxygen atoms in total. The fourth-order valence-electron chi connectivity index (χ4n) is 2.02. The SMILES string of the molecule is CC(=O)Nc1ccc(NC(=O)C(C)C2CNC2)c(Cl)c1.Cl. The van der Waals surface area contributed by atoms with Crippen LogP contribution in [0.3, 0.4) is 0 Å². The molecule has 1 aliphatic rings. The third-order valence-electron chi connectivity index (χ3n) is 3.48. The molecule has 1 aromatic carbocycles. The topological polar surface area (TPSA) is 70.2 Å².